The van der Waals surface area contributed by atoms with E-state index in [1.165, 1.54) is 0 Å². The minimum atomic E-state index is -4.56. The highest BCUT2D eigenvalue weighted by Gasteiger charge is 2.35. The second-order valence-corrected chi connectivity index (χ2v) is 3.39. The van der Waals surface area contributed by atoms with Crippen molar-refractivity contribution >= 4 is 0 Å². The van der Waals surface area contributed by atoms with Gasteiger partial charge in [0.25, 0.3) is 5.92 Å². The van der Waals surface area contributed by atoms with Gasteiger partial charge >= 0.3 is 6.18 Å². The molecule has 1 aromatic carbocycles. The summed E-state index contributed by atoms with van der Waals surface area (Å²) in [6.45, 7) is -0.284. The van der Waals surface area contributed by atoms with Gasteiger partial charge in [0.15, 0.2) is 0 Å². The van der Waals surface area contributed by atoms with Gasteiger partial charge in [-0.05, 0) is 24.6 Å². The maximum Gasteiger partial charge on any atom is 0.416 e. The summed E-state index contributed by atoms with van der Waals surface area (Å²) in [6.07, 6.45) is -4.56. The van der Waals surface area contributed by atoms with Crippen molar-refractivity contribution in [3.8, 4) is 0 Å². The Morgan fingerprint density at radius 2 is 1.69 bits per heavy atom. The van der Waals surface area contributed by atoms with Gasteiger partial charge in [0.2, 0.25) is 0 Å². The fourth-order valence-corrected chi connectivity index (χ4v) is 1.34. The molecule has 0 saturated heterocycles. The highest BCUT2D eigenvalue weighted by Crippen LogP contribution is 2.35. The standard InChI is InChI=1S/C10H9F5O/c1-6-4-7(10(13,14)15)2-3-8(6)9(11,12)5-16/h2-4,16H,5H2,1H3. The quantitative estimate of drug-likeness (QED) is 0.787. The van der Waals surface area contributed by atoms with Crippen molar-refractivity contribution in [3.05, 3.63) is 34.9 Å². The van der Waals surface area contributed by atoms with E-state index in [4.69, 9.17) is 5.11 Å². The van der Waals surface area contributed by atoms with E-state index in [9.17, 15) is 22.0 Å². The number of alkyl halides is 5. The maximum atomic E-state index is 13.0. The molecule has 1 aromatic rings. The summed E-state index contributed by atoms with van der Waals surface area (Å²) >= 11 is 0. The molecule has 90 valence electrons. The molecule has 0 saturated carbocycles. The summed E-state index contributed by atoms with van der Waals surface area (Å²) in [5, 5.41) is 8.43. The molecule has 0 spiro atoms. The topological polar surface area (TPSA) is 20.2 Å². The molecule has 1 N–H and O–H groups in total. The van der Waals surface area contributed by atoms with Crippen molar-refractivity contribution in [2.24, 2.45) is 0 Å². The van der Waals surface area contributed by atoms with E-state index >= 15 is 0 Å². The Labute approximate surface area is 88.5 Å². The van der Waals surface area contributed by atoms with Crippen molar-refractivity contribution < 1.29 is 27.1 Å². The number of aryl methyl sites for hydroxylation is 1. The average Bonchev–Trinajstić information content (AvgIpc) is 2.16. The number of halogens is 5. The lowest BCUT2D eigenvalue weighted by molar-refractivity contribution is -0.137. The number of aliphatic hydroxyl groups excluding tert-OH is 1. The van der Waals surface area contributed by atoms with Crippen molar-refractivity contribution in [1.29, 1.82) is 0 Å². The second-order valence-electron chi connectivity index (χ2n) is 3.39. The van der Waals surface area contributed by atoms with Crippen LogP contribution in [-0.4, -0.2) is 11.7 Å². The highest BCUT2D eigenvalue weighted by molar-refractivity contribution is 5.35. The number of rotatable bonds is 2. The van der Waals surface area contributed by atoms with E-state index in [1.807, 2.05) is 0 Å². The van der Waals surface area contributed by atoms with E-state index in [1.54, 1.807) is 0 Å². The smallest absolute Gasteiger partial charge is 0.390 e. The molecule has 0 aliphatic rings. The third-order valence-corrected chi connectivity index (χ3v) is 2.15. The number of hydrogen-bond donors (Lipinski definition) is 1. The Hall–Kier alpha value is -1.17. The molecule has 0 unspecified atom stereocenters. The van der Waals surface area contributed by atoms with Crippen molar-refractivity contribution in [1.82, 2.24) is 0 Å². The van der Waals surface area contributed by atoms with E-state index in [2.05, 4.69) is 0 Å². The van der Waals surface area contributed by atoms with Crippen LogP contribution in [0, 0.1) is 6.92 Å². The summed E-state index contributed by atoms with van der Waals surface area (Å²) in [4.78, 5) is 0. The Kier molecular flexibility index (Phi) is 3.23. The molecule has 0 amide bonds. The molecule has 0 radical (unpaired) electrons. The van der Waals surface area contributed by atoms with Gasteiger partial charge in [-0.25, -0.2) is 0 Å². The molecular weight excluding hydrogens is 231 g/mol. The van der Waals surface area contributed by atoms with Gasteiger partial charge in [-0.3, -0.25) is 0 Å². The minimum Gasteiger partial charge on any atom is -0.390 e. The molecule has 0 heterocycles. The number of aliphatic hydroxyl groups is 1. The normalized spacial score (nSPS) is 12.9. The van der Waals surface area contributed by atoms with Crippen molar-refractivity contribution in [3.63, 3.8) is 0 Å². The summed E-state index contributed by atoms with van der Waals surface area (Å²) in [5.41, 5.74) is -1.78. The zero-order chi connectivity index (χ0) is 12.6. The van der Waals surface area contributed by atoms with Gasteiger partial charge in [-0.1, -0.05) is 6.07 Å². The van der Waals surface area contributed by atoms with Crippen LogP contribution in [0.25, 0.3) is 0 Å². The molecule has 0 fully saturated rings. The molecule has 0 aliphatic carbocycles. The van der Waals surface area contributed by atoms with Gasteiger partial charge in [0.1, 0.15) is 6.61 Å². The zero-order valence-electron chi connectivity index (χ0n) is 8.28. The predicted molar refractivity (Wildman–Crippen MR) is 47.2 cm³/mol. The lowest BCUT2D eigenvalue weighted by atomic mass is 10.00. The van der Waals surface area contributed by atoms with Crippen LogP contribution >= 0.6 is 0 Å². The summed E-state index contributed by atoms with van der Waals surface area (Å²) in [7, 11) is 0. The van der Waals surface area contributed by atoms with Gasteiger partial charge in [0.05, 0.1) is 5.56 Å². The monoisotopic (exact) mass is 240 g/mol. The van der Waals surface area contributed by atoms with Crippen molar-refractivity contribution in [2.45, 2.75) is 19.0 Å². The molecule has 16 heavy (non-hydrogen) atoms. The molecular formula is C10H9F5O. The first-order chi connectivity index (χ1) is 7.18. The Morgan fingerprint density at radius 3 is 2.06 bits per heavy atom. The molecule has 1 nitrogen and oxygen atoms in total. The molecule has 0 bridgehead atoms. The summed E-state index contributed by atoms with van der Waals surface area (Å²) in [5.74, 6) is -3.52. The van der Waals surface area contributed by atoms with Gasteiger partial charge in [-0.15, -0.1) is 0 Å². The third kappa shape index (κ3) is 2.49. The second kappa shape index (κ2) is 4.01. The van der Waals surface area contributed by atoms with Gasteiger partial charge in [-0.2, -0.15) is 22.0 Å². The Balaban J connectivity index is 3.20. The van der Waals surface area contributed by atoms with E-state index in [-0.39, 0.29) is 5.56 Å². The van der Waals surface area contributed by atoms with E-state index in [0.29, 0.717) is 18.2 Å². The van der Waals surface area contributed by atoms with Crippen LogP contribution in [0.4, 0.5) is 22.0 Å². The van der Waals surface area contributed by atoms with Crippen LogP contribution in [-0.2, 0) is 12.1 Å². The maximum absolute atomic E-state index is 13.0. The molecule has 1 rings (SSSR count). The van der Waals surface area contributed by atoms with Gasteiger partial charge < -0.3 is 5.11 Å². The van der Waals surface area contributed by atoms with Crippen LogP contribution in [0.2, 0.25) is 0 Å². The average molecular weight is 240 g/mol. The molecule has 6 heteroatoms. The fourth-order valence-electron chi connectivity index (χ4n) is 1.34. The van der Waals surface area contributed by atoms with Crippen LogP contribution < -0.4 is 0 Å². The molecule has 0 aliphatic heterocycles. The van der Waals surface area contributed by atoms with Crippen LogP contribution in [0.3, 0.4) is 0 Å². The number of benzene rings is 1. The lowest BCUT2D eigenvalue weighted by Gasteiger charge is -2.17. The van der Waals surface area contributed by atoms with Crippen LogP contribution in [0.15, 0.2) is 18.2 Å². The molecule has 0 atom stereocenters. The van der Waals surface area contributed by atoms with Crippen LogP contribution in [0.1, 0.15) is 16.7 Å². The van der Waals surface area contributed by atoms with Crippen molar-refractivity contribution in [2.75, 3.05) is 6.61 Å². The summed E-state index contributed by atoms with van der Waals surface area (Å²) in [6, 6.07) is 1.90. The van der Waals surface area contributed by atoms with E-state index in [0.717, 1.165) is 6.92 Å². The summed E-state index contributed by atoms with van der Waals surface area (Å²) < 4.78 is 62.8. The first kappa shape index (κ1) is 12.9. The number of hydrogen-bond acceptors (Lipinski definition) is 1. The lowest BCUT2D eigenvalue weighted by Crippen LogP contribution is -2.20. The fraction of sp³-hybridized carbons (Fsp3) is 0.400. The van der Waals surface area contributed by atoms with Gasteiger partial charge in [0, 0.05) is 5.56 Å². The largest absolute Gasteiger partial charge is 0.416 e. The van der Waals surface area contributed by atoms with Crippen LogP contribution in [0.5, 0.6) is 0 Å². The Morgan fingerprint density at radius 1 is 1.12 bits per heavy atom. The first-order valence-electron chi connectivity index (χ1n) is 4.35. The first-order valence-corrected chi connectivity index (χ1v) is 4.35. The predicted octanol–water partition coefficient (Wildman–Crippen LogP) is 3.10. The zero-order valence-corrected chi connectivity index (χ0v) is 8.28. The minimum absolute atomic E-state index is 0.200. The highest BCUT2D eigenvalue weighted by atomic mass is 19.4. The third-order valence-electron chi connectivity index (χ3n) is 2.15. The Bertz CT molecular complexity index is 383. The SMILES string of the molecule is Cc1cc(C(F)(F)F)ccc1C(F)(F)CO. The molecule has 0 aromatic heterocycles. The van der Waals surface area contributed by atoms with E-state index < -0.39 is 29.8 Å².